The van der Waals surface area contributed by atoms with Crippen LogP contribution in [0.25, 0.3) is 0 Å². The first kappa shape index (κ1) is 22.1. The van der Waals surface area contributed by atoms with Crippen LogP contribution in [0.2, 0.25) is 0 Å². The number of aliphatic hydroxyl groups is 1. The molecule has 2 N–H and O–H groups in total. The molecule has 1 rings (SSSR count). The molecule has 1 aromatic rings. The molecule has 0 saturated heterocycles. The first-order valence-corrected chi connectivity index (χ1v) is 8.35. The number of alkyl halides is 3. The second kappa shape index (κ2) is 8.62. The number of hydrogen-bond donors (Lipinski definition) is 2. The van der Waals surface area contributed by atoms with Gasteiger partial charge in [-0.05, 0) is 44.4 Å². The van der Waals surface area contributed by atoms with E-state index in [1.54, 1.807) is 20.8 Å². The highest BCUT2D eigenvalue weighted by Gasteiger charge is 2.32. The van der Waals surface area contributed by atoms with Crippen molar-refractivity contribution in [1.82, 2.24) is 5.32 Å². The highest BCUT2D eigenvalue weighted by atomic mass is 19.4. The zero-order chi connectivity index (χ0) is 20.1. The number of hydrogen-bond acceptors (Lipinski definition) is 4. The fourth-order valence-electron chi connectivity index (χ4n) is 2.25. The summed E-state index contributed by atoms with van der Waals surface area (Å²) in [5.41, 5.74) is -0.279. The number of aliphatic hydroxyl groups excluding tert-OH is 1. The molecular weight excluding hydrogens is 351 g/mol. The summed E-state index contributed by atoms with van der Waals surface area (Å²) in [4.78, 5) is 12.1. The summed E-state index contributed by atoms with van der Waals surface area (Å²) in [7, 11) is 0. The van der Waals surface area contributed by atoms with E-state index in [9.17, 15) is 23.1 Å². The van der Waals surface area contributed by atoms with Gasteiger partial charge in [-0.15, -0.1) is 13.2 Å². The van der Waals surface area contributed by atoms with Gasteiger partial charge in [0.15, 0.2) is 0 Å². The Kier molecular flexibility index (Phi) is 7.32. The van der Waals surface area contributed by atoms with E-state index in [-0.39, 0.29) is 11.7 Å². The van der Waals surface area contributed by atoms with Crippen molar-refractivity contribution in [3.05, 3.63) is 29.8 Å². The van der Waals surface area contributed by atoms with Gasteiger partial charge in [0.2, 0.25) is 0 Å². The Morgan fingerprint density at radius 1 is 1.19 bits per heavy atom. The Morgan fingerprint density at radius 2 is 1.73 bits per heavy atom. The molecule has 0 aliphatic rings. The van der Waals surface area contributed by atoms with Crippen LogP contribution in [0, 0.1) is 5.92 Å². The summed E-state index contributed by atoms with van der Waals surface area (Å²) in [6.07, 6.45) is -5.79. The lowest BCUT2D eigenvalue weighted by Gasteiger charge is -2.30. The molecule has 0 aliphatic heterocycles. The summed E-state index contributed by atoms with van der Waals surface area (Å²) in [5.74, 6) is -0.531. The van der Waals surface area contributed by atoms with Gasteiger partial charge in [-0.3, -0.25) is 0 Å². The molecule has 0 bridgehead atoms. The number of ether oxygens (including phenoxy) is 2. The average molecular weight is 377 g/mol. The largest absolute Gasteiger partial charge is 0.573 e. The highest BCUT2D eigenvalue weighted by Crippen LogP contribution is 2.28. The van der Waals surface area contributed by atoms with Gasteiger partial charge in [0, 0.05) is 0 Å². The van der Waals surface area contributed by atoms with Gasteiger partial charge in [0.25, 0.3) is 0 Å². The molecule has 0 aromatic heterocycles. The molecule has 8 heteroatoms. The van der Waals surface area contributed by atoms with Crippen LogP contribution in [-0.2, 0) is 4.74 Å². The first-order valence-electron chi connectivity index (χ1n) is 8.35. The first-order chi connectivity index (χ1) is 11.8. The predicted octanol–water partition coefficient (Wildman–Crippen LogP) is 4.56. The lowest BCUT2D eigenvalue weighted by molar-refractivity contribution is -0.274. The fourth-order valence-corrected chi connectivity index (χ4v) is 2.25. The molecule has 3 unspecified atom stereocenters. The van der Waals surface area contributed by atoms with E-state index in [1.165, 1.54) is 12.1 Å². The Bertz CT molecular complexity index is 582. The predicted molar refractivity (Wildman–Crippen MR) is 90.7 cm³/mol. The van der Waals surface area contributed by atoms with Crippen LogP contribution in [0.5, 0.6) is 5.75 Å². The Labute approximate surface area is 151 Å². The van der Waals surface area contributed by atoms with Gasteiger partial charge in [-0.25, -0.2) is 4.79 Å². The smallest absolute Gasteiger partial charge is 0.444 e. The summed E-state index contributed by atoms with van der Waals surface area (Å²) in [6.45, 7) is 8.82. The third-order valence-electron chi connectivity index (χ3n) is 3.71. The molecule has 0 heterocycles. The van der Waals surface area contributed by atoms with Crippen molar-refractivity contribution >= 4 is 6.09 Å². The van der Waals surface area contributed by atoms with Crippen molar-refractivity contribution in [2.24, 2.45) is 5.92 Å². The van der Waals surface area contributed by atoms with Gasteiger partial charge in [0.1, 0.15) is 11.4 Å². The van der Waals surface area contributed by atoms with E-state index in [0.717, 1.165) is 12.1 Å². The van der Waals surface area contributed by atoms with E-state index < -0.39 is 30.2 Å². The van der Waals surface area contributed by atoms with Gasteiger partial charge in [-0.1, -0.05) is 32.4 Å². The minimum atomic E-state index is -4.79. The maximum absolute atomic E-state index is 12.3. The quantitative estimate of drug-likeness (QED) is 0.763. The molecule has 0 saturated carbocycles. The molecule has 3 atom stereocenters. The number of rotatable bonds is 6. The third-order valence-corrected chi connectivity index (χ3v) is 3.71. The normalized spacial score (nSPS) is 15.7. The Morgan fingerprint density at radius 3 is 2.15 bits per heavy atom. The molecule has 0 radical (unpaired) electrons. The van der Waals surface area contributed by atoms with Gasteiger partial charge in [-0.2, -0.15) is 0 Å². The second-order valence-corrected chi connectivity index (χ2v) is 7.12. The Balaban J connectivity index is 3.02. The number of carbonyl (C=O) groups excluding carboxylic acids is 1. The van der Waals surface area contributed by atoms with Gasteiger partial charge < -0.3 is 19.9 Å². The maximum atomic E-state index is 12.3. The summed E-state index contributed by atoms with van der Waals surface area (Å²) in [5, 5.41) is 13.2. The van der Waals surface area contributed by atoms with Crippen LogP contribution >= 0.6 is 0 Å². The van der Waals surface area contributed by atoms with Crippen molar-refractivity contribution in [3.8, 4) is 5.75 Å². The monoisotopic (exact) mass is 377 g/mol. The van der Waals surface area contributed by atoms with Crippen molar-refractivity contribution in [1.29, 1.82) is 0 Å². The van der Waals surface area contributed by atoms with Crippen LogP contribution < -0.4 is 10.1 Å². The molecule has 0 aliphatic carbocycles. The molecule has 0 spiro atoms. The standard InChI is InChI=1S/C18H26F3NO4/c1-6-11(2)15(23)14(22-16(24)26-17(3,4)5)12-7-9-13(10-8-12)25-18(19,20)21/h7-11,14-15,23H,6H2,1-5H3,(H,22,24). The summed E-state index contributed by atoms with van der Waals surface area (Å²) < 4.78 is 45.9. The number of benzene rings is 1. The van der Waals surface area contributed by atoms with E-state index in [4.69, 9.17) is 4.74 Å². The number of alkyl carbamates (subject to hydrolysis) is 1. The van der Waals surface area contributed by atoms with Crippen LogP contribution in [-0.4, -0.2) is 29.3 Å². The Hall–Kier alpha value is -1.96. The fraction of sp³-hybridized carbons (Fsp3) is 0.611. The lowest BCUT2D eigenvalue weighted by Crippen LogP contribution is -2.41. The van der Waals surface area contributed by atoms with Crippen molar-refractivity contribution in [2.45, 2.75) is 65.1 Å². The zero-order valence-electron chi connectivity index (χ0n) is 15.6. The third kappa shape index (κ3) is 7.51. The van der Waals surface area contributed by atoms with Crippen LogP contribution in [0.3, 0.4) is 0 Å². The number of amides is 1. The van der Waals surface area contributed by atoms with Crippen LogP contribution in [0.15, 0.2) is 24.3 Å². The number of halogens is 3. The SMILES string of the molecule is CCC(C)C(O)C(NC(=O)OC(C)(C)C)c1ccc(OC(F)(F)F)cc1. The van der Waals surface area contributed by atoms with E-state index in [0.29, 0.717) is 12.0 Å². The molecular formula is C18H26F3NO4. The van der Waals surface area contributed by atoms with Crippen molar-refractivity contribution in [3.63, 3.8) is 0 Å². The molecule has 0 fully saturated rings. The highest BCUT2D eigenvalue weighted by molar-refractivity contribution is 5.68. The number of carbonyl (C=O) groups is 1. The summed E-state index contributed by atoms with van der Waals surface area (Å²) in [6, 6.07) is 4.18. The molecule has 26 heavy (non-hydrogen) atoms. The minimum absolute atomic E-state index is 0.152. The van der Waals surface area contributed by atoms with E-state index in [1.807, 2.05) is 13.8 Å². The van der Waals surface area contributed by atoms with E-state index in [2.05, 4.69) is 10.1 Å². The van der Waals surface area contributed by atoms with Crippen LogP contribution in [0.4, 0.5) is 18.0 Å². The zero-order valence-corrected chi connectivity index (χ0v) is 15.6. The lowest BCUT2D eigenvalue weighted by atomic mass is 9.91. The maximum Gasteiger partial charge on any atom is 0.573 e. The molecule has 5 nitrogen and oxygen atoms in total. The topological polar surface area (TPSA) is 67.8 Å². The summed E-state index contributed by atoms with van der Waals surface area (Å²) >= 11 is 0. The molecule has 148 valence electrons. The average Bonchev–Trinajstić information content (AvgIpc) is 2.49. The van der Waals surface area contributed by atoms with Gasteiger partial charge in [0.05, 0.1) is 12.1 Å². The molecule has 1 amide bonds. The minimum Gasteiger partial charge on any atom is -0.444 e. The number of nitrogens with one attached hydrogen (secondary N) is 1. The van der Waals surface area contributed by atoms with Gasteiger partial charge >= 0.3 is 12.5 Å². The van der Waals surface area contributed by atoms with Crippen molar-refractivity contribution < 1.29 is 32.5 Å². The second-order valence-electron chi connectivity index (χ2n) is 7.12. The molecule has 1 aromatic carbocycles. The van der Waals surface area contributed by atoms with E-state index >= 15 is 0 Å². The van der Waals surface area contributed by atoms with Crippen LogP contribution in [0.1, 0.15) is 52.6 Å². The van der Waals surface area contributed by atoms with Crippen molar-refractivity contribution in [2.75, 3.05) is 0 Å².